The fourth-order valence-corrected chi connectivity index (χ4v) is 5.91. The average Bonchev–Trinajstić information content (AvgIpc) is 2.83. The van der Waals surface area contributed by atoms with Gasteiger partial charge in [-0.15, -0.1) is 0 Å². The topological polar surface area (TPSA) is 70.5 Å². The van der Waals surface area contributed by atoms with Gasteiger partial charge in [0.2, 0.25) is 0 Å². The van der Waals surface area contributed by atoms with E-state index in [4.69, 9.17) is 20.9 Å². The van der Waals surface area contributed by atoms with E-state index in [1.165, 1.54) is 11.1 Å². The molecule has 4 N–H and O–H groups in total. The summed E-state index contributed by atoms with van der Waals surface area (Å²) >= 11 is 0. The van der Waals surface area contributed by atoms with Gasteiger partial charge < -0.3 is 20.9 Å². The lowest BCUT2D eigenvalue weighted by Gasteiger charge is -2.55. The van der Waals surface area contributed by atoms with Crippen LogP contribution in [0.5, 0.6) is 23.0 Å². The van der Waals surface area contributed by atoms with Crippen LogP contribution in [-0.4, -0.2) is 0 Å². The van der Waals surface area contributed by atoms with Gasteiger partial charge >= 0.3 is 0 Å². The minimum absolute atomic E-state index is 0.0933. The van der Waals surface area contributed by atoms with E-state index in [0.29, 0.717) is 11.4 Å². The zero-order chi connectivity index (χ0) is 26.8. The van der Waals surface area contributed by atoms with Gasteiger partial charge in [0.15, 0.2) is 0 Å². The molecule has 0 bridgehead atoms. The number of anilines is 2. The van der Waals surface area contributed by atoms with E-state index in [1.807, 2.05) is 48.5 Å². The Morgan fingerprint density at radius 2 is 0.649 bits per heavy atom. The second kappa shape index (κ2) is 9.85. The molecule has 0 spiro atoms. The van der Waals surface area contributed by atoms with E-state index in [0.717, 1.165) is 23.0 Å². The molecule has 0 aromatic heterocycles. The molecule has 0 atom stereocenters. The Kier molecular flexibility index (Phi) is 6.96. The summed E-state index contributed by atoms with van der Waals surface area (Å²) in [5.41, 5.74) is 15.1. The fraction of sp³-hybridized carbons (Fsp3) is 0.273. The van der Waals surface area contributed by atoms with Crippen molar-refractivity contribution in [3.05, 3.63) is 108 Å². The third kappa shape index (κ3) is 5.29. The Labute approximate surface area is 221 Å². The summed E-state index contributed by atoms with van der Waals surface area (Å²) in [6.07, 6.45) is 0. The molecule has 4 heteroatoms. The number of ether oxygens (including phenoxy) is 2. The van der Waals surface area contributed by atoms with Crippen LogP contribution in [0.15, 0.2) is 97.1 Å². The van der Waals surface area contributed by atoms with Crippen molar-refractivity contribution >= 4 is 11.4 Å². The van der Waals surface area contributed by atoms with Crippen LogP contribution in [0.4, 0.5) is 11.4 Å². The SMILES string of the molecule is CC(C)(C)C(c1ccc(Oc2ccc(N)cc2)cc1)(c1ccc(Oc2ccc(N)cc2)cc1)C(C)(C)C. The molecule has 37 heavy (non-hydrogen) atoms. The second-order valence-corrected chi connectivity index (χ2v) is 11.6. The summed E-state index contributed by atoms with van der Waals surface area (Å²) in [5.74, 6) is 3.10. The van der Waals surface area contributed by atoms with E-state index in [1.54, 1.807) is 0 Å². The van der Waals surface area contributed by atoms with Crippen LogP contribution in [0.2, 0.25) is 0 Å². The molecule has 4 aromatic rings. The molecule has 4 aromatic carbocycles. The van der Waals surface area contributed by atoms with Crippen molar-refractivity contribution < 1.29 is 9.47 Å². The predicted octanol–water partition coefficient (Wildman–Crippen LogP) is 8.81. The monoisotopic (exact) mass is 494 g/mol. The maximum atomic E-state index is 6.08. The molecule has 0 radical (unpaired) electrons. The summed E-state index contributed by atoms with van der Waals surface area (Å²) in [6, 6.07) is 31.9. The second-order valence-electron chi connectivity index (χ2n) is 11.6. The molecule has 0 fully saturated rings. The number of hydrogen-bond donors (Lipinski definition) is 2. The lowest BCUT2D eigenvalue weighted by Crippen LogP contribution is -2.51. The highest BCUT2D eigenvalue weighted by atomic mass is 16.5. The van der Waals surface area contributed by atoms with Gasteiger partial charge in [-0.05, 0) is 94.8 Å². The molecule has 4 nitrogen and oxygen atoms in total. The smallest absolute Gasteiger partial charge is 0.127 e. The molecule has 0 amide bonds. The molecule has 0 aliphatic heterocycles. The molecule has 4 rings (SSSR count). The number of benzene rings is 4. The highest BCUT2D eigenvalue weighted by molar-refractivity contribution is 5.49. The highest BCUT2D eigenvalue weighted by Crippen LogP contribution is 2.57. The molecular weight excluding hydrogens is 456 g/mol. The number of nitrogen functional groups attached to an aromatic ring is 2. The zero-order valence-electron chi connectivity index (χ0n) is 22.7. The van der Waals surface area contributed by atoms with Crippen molar-refractivity contribution in [2.75, 3.05) is 11.5 Å². The first-order chi connectivity index (χ1) is 17.4. The summed E-state index contributed by atoms with van der Waals surface area (Å²) in [7, 11) is 0. The van der Waals surface area contributed by atoms with E-state index in [9.17, 15) is 0 Å². The first-order valence-electron chi connectivity index (χ1n) is 12.7. The van der Waals surface area contributed by atoms with E-state index in [-0.39, 0.29) is 16.2 Å². The highest BCUT2D eigenvalue weighted by Gasteiger charge is 2.52. The normalized spacial score (nSPS) is 12.3. The number of rotatable bonds is 6. The third-order valence-corrected chi connectivity index (χ3v) is 7.06. The van der Waals surface area contributed by atoms with E-state index in [2.05, 4.69) is 90.1 Å². The van der Waals surface area contributed by atoms with Crippen LogP contribution >= 0.6 is 0 Å². The van der Waals surface area contributed by atoms with Gasteiger partial charge in [0.05, 0.1) is 0 Å². The maximum Gasteiger partial charge on any atom is 0.127 e. The van der Waals surface area contributed by atoms with Gasteiger partial charge in [-0.2, -0.15) is 0 Å². The average molecular weight is 495 g/mol. The van der Waals surface area contributed by atoms with Crippen molar-refractivity contribution in [1.29, 1.82) is 0 Å². The Morgan fingerprint density at radius 3 is 0.892 bits per heavy atom. The van der Waals surface area contributed by atoms with Crippen molar-refractivity contribution in [2.24, 2.45) is 10.8 Å². The summed E-state index contributed by atoms with van der Waals surface area (Å²) in [4.78, 5) is 0. The minimum Gasteiger partial charge on any atom is -0.457 e. The Balaban J connectivity index is 1.71. The Hall–Kier alpha value is -3.92. The molecular formula is C33H38N2O2. The summed E-state index contributed by atoms with van der Waals surface area (Å²) in [5, 5.41) is 0. The van der Waals surface area contributed by atoms with Crippen LogP contribution < -0.4 is 20.9 Å². The number of nitrogens with two attached hydrogens (primary N) is 2. The molecule has 0 heterocycles. The fourth-order valence-electron chi connectivity index (χ4n) is 5.91. The Morgan fingerprint density at radius 1 is 0.405 bits per heavy atom. The Bertz CT molecular complexity index is 1200. The molecule has 0 unspecified atom stereocenters. The van der Waals surface area contributed by atoms with Gasteiger partial charge in [-0.3, -0.25) is 0 Å². The van der Waals surface area contributed by atoms with Gasteiger partial charge in [0.1, 0.15) is 23.0 Å². The quantitative estimate of drug-likeness (QED) is 0.263. The molecule has 0 aliphatic carbocycles. The molecule has 192 valence electrons. The van der Waals surface area contributed by atoms with Crippen LogP contribution in [0.25, 0.3) is 0 Å². The van der Waals surface area contributed by atoms with Crippen LogP contribution in [0.1, 0.15) is 52.7 Å². The van der Waals surface area contributed by atoms with Crippen molar-refractivity contribution in [3.8, 4) is 23.0 Å². The standard InChI is InChI=1S/C33H38N2O2/c1-31(2,3)33(32(4,5)6,23-7-15-27(16-8-23)36-29-19-11-25(34)12-20-29)24-9-17-28(18-10-24)37-30-21-13-26(35)14-22-30/h7-22H,34-35H2,1-6H3. The molecule has 0 aliphatic rings. The van der Waals surface area contributed by atoms with E-state index >= 15 is 0 Å². The van der Waals surface area contributed by atoms with Gasteiger partial charge in [-0.1, -0.05) is 65.8 Å². The van der Waals surface area contributed by atoms with Crippen molar-refractivity contribution in [1.82, 2.24) is 0 Å². The summed E-state index contributed by atoms with van der Waals surface area (Å²) < 4.78 is 12.2. The van der Waals surface area contributed by atoms with Crippen LogP contribution in [-0.2, 0) is 5.41 Å². The molecule has 0 saturated carbocycles. The largest absolute Gasteiger partial charge is 0.457 e. The van der Waals surface area contributed by atoms with Gasteiger partial charge in [0, 0.05) is 16.8 Å². The predicted molar refractivity (Wildman–Crippen MR) is 154 cm³/mol. The van der Waals surface area contributed by atoms with Gasteiger partial charge in [0.25, 0.3) is 0 Å². The van der Waals surface area contributed by atoms with Crippen LogP contribution in [0, 0.1) is 10.8 Å². The first-order valence-corrected chi connectivity index (χ1v) is 12.7. The van der Waals surface area contributed by atoms with Crippen molar-refractivity contribution in [3.63, 3.8) is 0 Å². The van der Waals surface area contributed by atoms with Gasteiger partial charge in [-0.25, -0.2) is 0 Å². The first kappa shape index (κ1) is 26.2. The molecule has 0 saturated heterocycles. The minimum atomic E-state index is -0.292. The van der Waals surface area contributed by atoms with Crippen LogP contribution in [0.3, 0.4) is 0 Å². The summed E-state index contributed by atoms with van der Waals surface area (Å²) in [6.45, 7) is 13.9. The maximum absolute atomic E-state index is 6.08. The third-order valence-electron chi connectivity index (χ3n) is 7.06. The number of hydrogen-bond acceptors (Lipinski definition) is 4. The van der Waals surface area contributed by atoms with E-state index < -0.39 is 0 Å². The van der Waals surface area contributed by atoms with Crippen molar-refractivity contribution in [2.45, 2.75) is 47.0 Å². The zero-order valence-corrected chi connectivity index (χ0v) is 22.7. The lowest BCUT2D eigenvalue weighted by molar-refractivity contribution is 0.0906. The lowest BCUT2D eigenvalue weighted by atomic mass is 9.48.